The van der Waals surface area contributed by atoms with E-state index in [2.05, 4.69) is 4.98 Å². The molecule has 0 radical (unpaired) electrons. The molecule has 184 valence electrons. The zero-order valence-corrected chi connectivity index (χ0v) is 20.5. The Morgan fingerprint density at radius 2 is 1.60 bits per heavy atom. The van der Waals surface area contributed by atoms with Gasteiger partial charge in [0.1, 0.15) is 23.1 Å². The van der Waals surface area contributed by atoms with E-state index in [-0.39, 0.29) is 24.4 Å². The van der Waals surface area contributed by atoms with Crippen molar-refractivity contribution < 1.29 is 23.8 Å². The molecular weight excluding hydrogens is 442 g/mol. The van der Waals surface area contributed by atoms with Crippen LogP contribution in [-0.2, 0) is 16.0 Å². The largest absolute Gasteiger partial charge is 0.493 e. The predicted molar refractivity (Wildman–Crippen MR) is 136 cm³/mol. The van der Waals surface area contributed by atoms with Gasteiger partial charge in [0.15, 0.2) is 11.5 Å². The smallest absolute Gasteiger partial charge is 0.162 e. The van der Waals surface area contributed by atoms with Crippen molar-refractivity contribution >= 4 is 22.5 Å². The first-order chi connectivity index (χ1) is 17.1. The van der Waals surface area contributed by atoms with Gasteiger partial charge < -0.3 is 14.2 Å². The molecule has 2 aromatic carbocycles. The molecule has 35 heavy (non-hydrogen) atoms. The zero-order chi connectivity index (χ0) is 24.6. The summed E-state index contributed by atoms with van der Waals surface area (Å²) in [6, 6.07) is 12.9. The van der Waals surface area contributed by atoms with E-state index in [1.165, 1.54) is 32.1 Å². The van der Waals surface area contributed by atoms with Crippen LogP contribution in [0.2, 0.25) is 0 Å². The summed E-state index contributed by atoms with van der Waals surface area (Å²) in [7, 11) is 3.18. The highest BCUT2D eigenvalue weighted by atomic mass is 16.5. The molecule has 0 N–H and O–H groups in total. The molecule has 4 rings (SSSR count). The first-order valence-electron chi connectivity index (χ1n) is 12.4. The first-order valence-corrected chi connectivity index (χ1v) is 12.4. The average molecular weight is 476 g/mol. The maximum atomic E-state index is 12.4. The molecule has 0 unspecified atom stereocenters. The Balaban J connectivity index is 1.34. The van der Waals surface area contributed by atoms with Crippen molar-refractivity contribution in [2.75, 3.05) is 14.2 Å². The molecule has 0 bridgehead atoms. The van der Waals surface area contributed by atoms with Crippen LogP contribution in [0, 0.1) is 5.92 Å². The molecule has 0 amide bonds. The normalized spacial score (nSPS) is 14.0. The van der Waals surface area contributed by atoms with Gasteiger partial charge in [0.05, 0.1) is 26.2 Å². The van der Waals surface area contributed by atoms with E-state index in [9.17, 15) is 9.59 Å². The fourth-order valence-corrected chi connectivity index (χ4v) is 4.78. The van der Waals surface area contributed by atoms with E-state index in [0.29, 0.717) is 35.3 Å². The van der Waals surface area contributed by atoms with Crippen LogP contribution < -0.4 is 14.2 Å². The molecule has 1 aliphatic carbocycles. The number of Topliss-reactive ketones (excluding diaryl/α,β-unsaturated/α-hetero) is 2. The highest BCUT2D eigenvalue weighted by Gasteiger charge is 2.17. The van der Waals surface area contributed by atoms with Crippen molar-refractivity contribution in [1.29, 1.82) is 0 Å². The van der Waals surface area contributed by atoms with Gasteiger partial charge in [-0.05, 0) is 42.2 Å². The Morgan fingerprint density at radius 3 is 2.31 bits per heavy atom. The lowest BCUT2D eigenvalue weighted by Crippen LogP contribution is -2.13. The van der Waals surface area contributed by atoms with Gasteiger partial charge in [-0.2, -0.15) is 0 Å². The maximum absolute atomic E-state index is 12.4. The number of hydrogen-bond acceptors (Lipinski definition) is 6. The lowest BCUT2D eigenvalue weighted by atomic mass is 9.85. The topological polar surface area (TPSA) is 74.7 Å². The number of ketones is 2. The van der Waals surface area contributed by atoms with Crippen LogP contribution in [0.5, 0.6) is 23.0 Å². The van der Waals surface area contributed by atoms with Crippen molar-refractivity contribution in [3.05, 3.63) is 54.2 Å². The third kappa shape index (κ3) is 6.59. The third-order valence-electron chi connectivity index (χ3n) is 6.71. The van der Waals surface area contributed by atoms with Gasteiger partial charge in [-0.25, -0.2) is 0 Å². The van der Waals surface area contributed by atoms with Crippen molar-refractivity contribution in [3.63, 3.8) is 0 Å². The second kappa shape index (κ2) is 11.8. The predicted octanol–water partition coefficient (Wildman–Crippen LogP) is 6.48. The van der Waals surface area contributed by atoms with Crippen molar-refractivity contribution in [2.45, 2.75) is 57.8 Å². The fraction of sp³-hybridized carbons (Fsp3) is 0.414. The first kappa shape index (κ1) is 24.7. The molecule has 0 saturated heterocycles. The van der Waals surface area contributed by atoms with Gasteiger partial charge in [-0.1, -0.05) is 44.2 Å². The molecule has 1 saturated carbocycles. The van der Waals surface area contributed by atoms with E-state index in [0.717, 1.165) is 22.9 Å². The van der Waals surface area contributed by atoms with Gasteiger partial charge in [-0.3, -0.25) is 14.6 Å². The summed E-state index contributed by atoms with van der Waals surface area (Å²) in [5.41, 5.74) is 1.60. The fourth-order valence-electron chi connectivity index (χ4n) is 4.78. The SMILES string of the molecule is COc1cc2nccc(Oc3ccc(CC(=O)CC(=O)CCC4CCCCC4)cc3)c2cc1OC. The minimum atomic E-state index is -0.0338. The number of methoxy groups -OCH3 is 2. The number of aromatic nitrogens is 1. The standard InChI is InChI=1S/C29H33NO5/c1-33-28-18-25-26(19-29(28)34-2)30-15-14-27(25)35-24-12-9-21(10-13-24)16-23(32)17-22(31)11-8-20-6-4-3-5-7-20/h9-10,12-15,18-20H,3-8,11,16-17H2,1-2H3. The van der Waals surface area contributed by atoms with Gasteiger partial charge in [-0.15, -0.1) is 0 Å². The van der Waals surface area contributed by atoms with E-state index < -0.39 is 0 Å². The minimum absolute atomic E-state index is 0.0271. The minimum Gasteiger partial charge on any atom is -0.493 e. The van der Waals surface area contributed by atoms with Crippen molar-refractivity contribution in [3.8, 4) is 23.0 Å². The van der Waals surface area contributed by atoms with E-state index in [4.69, 9.17) is 14.2 Å². The van der Waals surface area contributed by atoms with Crippen LogP contribution in [0.15, 0.2) is 48.7 Å². The number of nitrogens with zero attached hydrogens (tertiary/aromatic N) is 1. The molecule has 6 heteroatoms. The summed E-state index contributed by atoms with van der Waals surface area (Å²) >= 11 is 0. The van der Waals surface area contributed by atoms with Crippen LogP contribution in [0.1, 0.15) is 56.9 Å². The second-order valence-corrected chi connectivity index (χ2v) is 9.25. The quantitative estimate of drug-likeness (QED) is 0.296. The van der Waals surface area contributed by atoms with Crippen LogP contribution >= 0.6 is 0 Å². The molecule has 1 heterocycles. The van der Waals surface area contributed by atoms with Crippen LogP contribution in [0.4, 0.5) is 0 Å². The lowest BCUT2D eigenvalue weighted by Gasteiger charge is -2.20. The van der Waals surface area contributed by atoms with Crippen molar-refractivity contribution in [2.24, 2.45) is 5.92 Å². The van der Waals surface area contributed by atoms with Crippen LogP contribution in [0.25, 0.3) is 10.9 Å². The third-order valence-corrected chi connectivity index (χ3v) is 6.71. The number of carbonyl (C=O) groups excluding carboxylic acids is 2. The Morgan fingerprint density at radius 1 is 0.886 bits per heavy atom. The van der Waals surface area contributed by atoms with Crippen LogP contribution in [0.3, 0.4) is 0 Å². The summed E-state index contributed by atoms with van der Waals surface area (Å²) in [5.74, 6) is 3.18. The Hall–Kier alpha value is -3.41. The van der Waals surface area contributed by atoms with E-state index >= 15 is 0 Å². The number of pyridine rings is 1. The summed E-state index contributed by atoms with van der Waals surface area (Å²) < 4.78 is 16.9. The summed E-state index contributed by atoms with van der Waals surface area (Å²) in [4.78, 5) is 29.1. The number of carbonyl (C=O) groups is 2. The van der Waals surface area contributed by atoms with Gasteiger partial charge in [0.2, 0.25) is 0 Å². The zero-order valence-electron chi connectivity index (χ0n) is 20.5. The average Bonchev–Trinajstić information content (AvgIpc) is 2.88. The summed E-state index contributed by atoms with van der Waals surface area (Å²) in [6.45, 7) is 0. The Bertz CT molecular complexity index is 1170. The molecule has 1 aliphatic rings. The molecule has 0 spiro atoms. The summed E-state index contributed by atoms with van der Waals surface area (Å²) in [5, 5.41) is 0.802. The Kier molecular flexibility index (Phi) is 8.35. The number of benzene rings is 2. The molecule has 3 aromatic rings. The molecule has 0 atom stereocenters. The van der Waals surface area contributed by atoms with Gasteiger partial charge >= 0.3 is 0 Å². The maximum Gasteiger partial charge on any atom is 0.162 e. The highest BCUT2D eigenvalue weighted by molar-refractivity contribution is 5.99. The number of fused-ring (bicyclic) bond motifs is 1. The number of hydrogen-bond donors (Lipinski definition) is 0. The number of ether oxygens (including phenoxy) is 3. The summed E-state index contributed by atoms with van der Waals surface area (Å²) in [6.07, 6.45) is 9.75. The Labute approximate surface area is 206 Å². The lowest BCUT2D eigenvalue weighted by molar-refractivity contribution is -0.126. The van der Waals surface area contributed by atoms with E-state index in [1.807, 2.05) is 36.4 Å². The van der Waals surface area contributed by atoms with Gasteiger partial charge in [0, 0.05) is 30.5 Å². The number of rotatable bonds is 11. The second-order valence-electron chi connectivity index (χ2n) is 9.25. The molecule has 1 fully saturated rings. The van der Waals surface area contributed by atoms with Crippen molar-refractivity contribution in [1.82, 2.24) is 4.98 Å². The highest BCUT2D eigenvalue weighted by Crippen LogP contribution is 2.37. The van der Waals surface area contributed by atoms with E-state index in [1.54, 1.807) is 26.5 Å². The molecular formula is C29H33NO5. The molecule has 1 aromatic heterocycles. The molecule has 0 aliphatic heterocycles. The monoisotopic (exact) mass is 475 g/mol. The molecule has 6 nitrogen and oxygen atoms in total. The van der Waals surface area contributed by atoms with Gasteiger partial charge in [0.25, 0.3) is 0 Å². The van der Waals surface area contributed by atoms with Crippen LogP contribution in [-0.4, -0.2) is 30.8 Å².